The molecule has 1 saturated heterocycles. The molecule has 0 aliphatic carbocycles. The van der Waals surface area contributed by atoms with Crippen LogP contribution in [-0.2, 0) is 19.3 Å². The maximum Gasteiger partial charge on any atom is 0.135 e. The van der Waals surface area contributed by atoms with Gasteiger partial charge in [-0.05, 0) is 37.8 Å². The quantitative estimate of drug-likeness (QED) is 0.915. The number of anilines is 1. The van der Waals surface area contributed by atoms with E-state index in [4.69, 9.17) is 9.97 Å². The van der Waals surface area contributed by atoms with Gasteiger partial charge >= 0.3 is 0 Å². The van der Waals surface area contributed by atoms with Gasteiger partial charge in [0, 0.05) is 38.0 Å². The minimum Gasteiger partial charge on any atom is -0.356 e. The average molecular weight is 359 g/mol. The van der Waals surface area contributed by atoms with Crippen LogP contribution in [-0.4, -0.2) is 36.1 Å². The zero-order chi connectivity index (χ0) is 16.2. The maximum absolute atomic E-state index is 5.03. The highest BCUT2D eigenvalue weighted by Gasteiger charge is 2.22. The number of fused-ring (bicyclic) bond motifs is 1. The lowest BCUT2D eigenvalue weighted by Crippen LogP contribution is -2.32. The van der Waals surface area contributed by atoms with Crippen LogP contribution in [0.3, 0.4) is 0 Å². The Morgan fingerprint density at radius 2 is 1.68 bits per heavy atom. The first-order chi connectivity index (χ1) is 11.9. The van der Waals surface area contributed by atoms with Gasteiger partial charge < -0.3 is 10.2 Å². The fourth-order valence-electron chi connectivity index (χ4n) is 3.80. The molecule has 0 bridgehead atoms. The van der Waals surface area contributed by atoms with E-state index in [2.05, 4.69) is 40.5 Å². The minimum absolute atomic E-state index is 0. The van der Waals surface area contributed by atoms with E-state index in [-0.39, 0.29) is 12.4 Å². The van der Waals surface area contributed by atoms with Crippen LogP contribution in [0.5, 0.6) is 0 Å². The lowest BCUT2D eigenvalue weighted by atomic mass is 10.1. The normalized spacial score (nSPS) is 17.4. The molecule has 25 heavy (non-hydrogen) atoms. The van der Waals surface area contributed by atoms with E-state index >= 15 is 0 Å². The highest BCUT2D eigenvalue weighted by atomic mass is 35.5. The Morgan fingerprint density at radius 1 is 0.920 bits per heavy atom. The second-order valence-corrected chi connectivity index (χ2v) is 6.85. The van der Waals surface area contributed by atoms with Gasteiger partial charge in [-0.3, -0.25) is 0 Å². The summed E-state index contributed by atoms with van der Waals surface area (Å²) in [4.78, 5) is 12.5. The monoisotopic (exact) mass is 358 g/mol. The van der Waals surface area contributed by atoms with Crippen LogP contribution in [0.2, 0.25) is 0 Å². The number of benzene rings is 1. The van der Waals surface area contributed by atoms with Crippen LogP contribution < -0.4 is 10.2 Å². The molecule has 2 aliphatic rings. The van der Waals surface area contributed by atoms with Crippen LogP contribution in [0.1, 0.15) is 41.9 Å². The molecule has 0 saturated carbocycles. The predicted molar refractivity (Wildman–Crippen MR) is 105 cm³/mol. The Kier molecular flexibility index (Phi) is 6.27. The van der Waals surface area contributed by atoms with Crippen molar-refractivity contribution in [1.82, 2.24) is 15.3 Å². The largest absolute Gasteiger partial charge is 0.356 e. The second kappa shape index (κ2) is 8.63. The van der Waals surface area contributed by atoms with Gasteiger partial charge in [-0.2, -0.15) is 0 Å². The predicted octanol–water partition coefficient (Wildman–Crippen LogP) is 3.17. The Hall–Kier alpha value is -1.65. The third-order valence-electron chi connectivity index (χ3n) is 5.07. The summed E-state index contributed by atoms with van der Waals surface area (Å²) in [7, 11) is 0. The van der Waals surface area contributed by atoms with Crippen LogP contribution in [0.15, 0.2) is 30.3 Å². The van der Waals surface area contributed by atoms with Crippen molar-refractivity contribution in [2.45, 2.75) is 38.5 Å². The molecular formula is C20H27ClN4. The number of hydrogen-bond donors (Lipinski definition) is 1. The second-order valence-electron chi connectivity index (χ2n) is 6.85. The number of halogens is 1. The molecule has 1 fully saturated rings. The van der Waals surface area contributed by atoms with E-state index in [1.165, 1.54) is 41.9 Å². The number of aromatic nitrogens is 2. The van der Waals surface area contributed by atoms with Crippen LogP contribution in [0.25, 0.3) is 0 Å². The Labute approximate surface area is 156 Å². The van der Waals surface area contributed by atoms with Gasteiger partial charge in [0.15, 0.2) is 0 Å². The molecule has 0 atom stereocenters. The fraction of sp³-hybridized carbons (Fsp3) is 0.500. The summed E-state index contributed by atoms with van der Waals surface area (Å²) in [5, 5.41) is 3.51. The van der Waals surface area contributed by atoms with Gasteiger partial charge in [-0.15, -0.1) is 12.4 Å². The first-order valence-electron chi connectivity index (χ1n) is 9.28. The summed E-state index contributed by atoms with van der Waals surface area (Å²) in [6.45, 7) is 4.34. The molecule has 4 rings (SSSR count). The Balaban J connectivity index is 0.00000182. The van der Waals surface area contributed by atoms with Crippen molar-refractivity contribution in [3.63, 3.8) is 0 Å². The standard InChI is InChI=1S/C20H26N4.ClH/c1-3-7-16(8-4-1)15-19-22-18-10-12-21-11-9-17(18)20(23-19)24-13-5-2-6-14-24;/h1,3-4,7-8,21H,2,5-6,9-15H2;1H. The Bertz CT molecular complexity index is 684. The molecule has 1 aromatic heterocycles. The van der Waals surface area contributed by atoms with Crippen molar-refractivity contribution in [3.8, 4) is 0 Å². The zero-order valence-electron chi connectivity index (χ0n) is 14.7. The van der Waals surface area contributed by atoms with Gasteiger partial charge in [-0.1, -0.05) is 30.3 Å². The maximum atomic E-state index is 5.03. The summed E-state index contributed by atoms with van der Waals surface area (Å²) in [5.74, 6) is 2.19. The average Bonchev–Trinajstić information content (AvgIpc) is 2.88. The molecule has 134 valence electrons. The number of hydrogen-bond acceptors (Lipinski definition) is 4. The molecule has 2 aliphatic heterocycles. The smallest absolute Gasteiger partial charge is 0.135 e. The van der Waals surface area contributed by atoms with Gasteiger partial charge in [0.25, 0.3) is 0 Å². The van der Waals surface area contributed by atoms with Crippen molar-refractivity contribution >= 4 is 18.2 Å². The summed E-state index contributed by atoms with van der Waals surface area (Å²) in [6.07, 6.45) is 6.80. The van der Waals surface area contributed by atoms with Gasteiger partial charge in [0.2, 0.25) is 0 Å². The van der Waals surface area contributed by atoms with Crippen molar-refractivity contribution in [1.29, 1.82) is 0 Å². The lowest BCUT2D eigenvalue weighted by Gasteiger charge is -2.30. The van der Waals surface area contributed by atoms with Crippen LogP contribution in [0.4, 0.5) is 5.82 Å². The third kappa shape index (κ3) is 4.31. The van der Waals surface area contributed by atoms with Crippen molar-refractivity contribution < 1.29 is 0 Å². The molecule has 2 aromatic rings. The molecule has 5 heteroatoms. The van der Waals surface area contributed by atoms with E-state index in [0.717, 1.165) is 51.3 Å². The summed E-state index contributed by atoms with van der Waals surface area (Å²) < 4.78 is 0. The molecule has 0 spiro atoms. The molecule has 4 nitrogen and oxygen atoms in total. The molecule has 0 radical (unpaired) electrons. The van der Waals surface area contributed by atoms with Gasteiger partial charge in [-0.25, -0.2) is 9.97 Å². The molecule has 1 aromatic carbocycles. The van der Waals surface area contributed by atoms with E-state index in [1.54, 1.807) is 0 Å². The first kappa shape index (κ1) is 18.2. The van der Waals surface area contributed by atoms with E-state index in [9.17, 15) is 0 Å². The fourth-order valence-corrected chi connectivity index (χ4v) is 3.80. The summed E-state index contributed by atoms with van der Waals surface area (Å²) in [6, 6.07) is 10.6. The first-order valence-corrected chi connectivity index (χ1v) is 9.28. The SMILES string of the molecule is Cl.c1ccc(Cc2nc3c(c(N4CCCCC4)n2)CCNCC3)cc1. The Morgan fingerprint density at radius 3 is 2.48 bits per heavy atom. The number of nitrogens with zero attached hydrogens (tertiary/aromatic N) is 3. The van der Waals surface area contributed by atoms with Gasteiger partial charge in [0.05, 0.1) is 5.69 Å². The molecule has 0 amide bonds. The highest BCUT2D eigenvalue weighted by Crippen LogP contribution is 2.26. The number of piperidine rings is 1. The third-order valence-corrected chi connectivity index (χ3v) is 5.07. The van der Waals surface area contributed by atoms with Crippen LogP contribution >= 0.6 is 12.4 Å². The summed E-state index contributed by atoms with van der Waals surface area (Å²) in [5.41, 5.74) is 3.94. The van der Waals surface area contributed by atoms with E-state index in [1.807, 2.05) is 0 Å². The van der Waals surface area contributed by atoms with Gasteiger partial charge in [0.1, 0.15) is 11.6 Å². The minimum atomic E-state index is 0. The molecular weight excluding hydrogens is 332 g/mol. The summed E-state index contributed by atoms with van der Waals surface area (Å²) >= 11 is 0. The lowest BCUT2D eigenvalue weighted by molar-refractivity contribution is 0.569. The molecule has 0 unspecified atom stereocenters. The van der Waals surface area contributed by atoms with Crippen LogP contribution in [0, 0.1) is 0 Å². The number of rotatable bonds is 3. The zero-order valence-corrected chi connectivity index (χ0v) is 15.5. The van der Waals surface area contributed by atoms with Crippen molar-refractivity contribution in [3.05, 3.63) is 53.0 Å². The topological polar surface area (TPSA) is 41.1 Å². The number of nitrogens with one attached hydrogen (secondary N) is 1. The van der Waals surface area contributed by atoms with E-state index in [0.29, 0.717) is 0 Å². The van der Waals surface area contributed by atoms with E-state index < -0.39 is 0 Å². The molecule has 1 N–H and O–H groups in total. The highest BCUT2D eigenvalue weighted by molar-refractivity contribution is 5.85. The van der Waals surface area contributed by atoms with Crippen molar-refractivity contribution in [2.24, 2.45) is 0 Å². The molecule has 3 heterocycles. The van der Waals surface area contributed by atoms with Crippen molar-refractivity contribution in [2.75, 3.05) is 31.1 Å².